The van der Waals surface area contributed by atoms with Gasteiger partial charge in [0.1, 0.15) is 4.21 Å². The molecule has 0 spiro atoms. The van der Waals surface area contributed by atoms with Crippen LogP contribution in [0.15, 0.2) is 15.7 Å². The van der Waals surface area contributed by atoms with E-state index < -0.39 is 10.0 Å². The fraction of sp³-hybridized carbons (Fsp3) is 0.600. The molecule has 17 heavy (non-hydrogen) atoms. The molecule has 1 rings (SSSR count). The van der Waals surface area contributed by atoms with E-state index in [0.29, 0.717) is 10.1 Å². The maximum atomic E-state index is 12.3. The minimum absolute atomic E-state index is 0.0171. The third-order valence-corrected chi connectivity index (χ3v) is 7.01. The summed E-state index contributed by atoms with van der Waals surface area (Å²) in [7, 11) is -1.75. The van der Waals surface area contributed by atoms with Gasteiger partial charge in [-0.1, -0.05) is 0 Å². The Bertz CT molecular complexity index is 458. The van der Waals surface area contributed by atoms with Crippen molar-refractivity contribution in [2.75, 3.05) is 19.1 Å². The molecule has 1 unspecified atom stereocenters. The molecule has 1 aromatic heterocycles. The van der Waals surface area contributed by atoms with E-state index in [1.807, 2.05) is 13.2 Å². The molecule has 0 amide bonds. The number of nitrogens with zero attached hydrogens (tertiary/aromatic N) is 1. The predicted octanol–water partition coefficient (Wildman–Crippen LogP) is 2.86. The van der Waals surface area contributed by atoms with Gasteiger partial charge in [0, 0.05) is 24.7 Å². The Morgan fingerprint density at radius 3 is 2.71 bits per heavy atom. The molecule has 1 atom stereocenters. The van der Waals surface area contributed by atoms with Gasteiger partial charge in [0.25, 0.3) is 10.0 Å². The standard InChI is InChI=1S/C10H16ClNO2S3/c1-8(6-15-3)12(2)17(13,14)10-4-9(5-11)7-16-10/h4,7-8H,5-6H2,1-3H3. The Hall–Kier alpha value is 0.250. The molecule has 7 heteroatoms. The highest BCUT2D eigenvalue weighted by atomic mass is 35.5. The first-order chi connectivity index (χ1) is 7.93. The lowest BCUT2D eigenvalue weighted by Gasteiger charge is -2.22. The Morgan fingerprint density at radius 1 is 1.59 bits per heavy atom. The van der Waals surface area contributed by atoms with Crippen LogP contribution in [0, 0.1) is 0 Å². The summed E-state index contributed by atoms with van der Waals surface area (Å²) in [5, 5.41) is 1.78. The molecule has 1 aromatic rings. The quantitative estimate of drug-likeness (QED) is 0.758. The van der Waals surface area contributed by atoms with Crippen LogP contribution < -0.4 is 0 Å². The number of thiophene rings is 1. The third kappa shape index (κ3) is 3.61. The SMILES string of the molecule is CSCC(C)N(C)S(=O)(=O)c1cc(CCl)cs1. The molecular formula is C10H16ClNO2S3. The maximum absolute atomic E-state index is 12.3. The molecule has 0 N–H and O–H groups in total. The number of hydrogen-bond acceptors (Lipinski definition) is 4. The van der Waals surface area contributed by atoms with E-state index in [9.17, 15) is 8.42 Å². The zero-order chi connectivity index (χ0) is 13.1. The first-order valence-electron chi connectivity index (χ1n) is 5.03. The van der Waals surface area contributed by atoms with Gasteiger partial charge in [-0.15, -0.1) is 22.9 Å². The summed E-state index contributed by atoms with van der Waals surface area (Å²) in [6.07, 6.45) is 1.97. The van der Waals surface area contributed by atoms with E-state index >= 15 is 0 Å². The van der Waals surface area contributed by atoms with Crippen LogP contribution in [-0.2, 0) is 15.9 Å². The van der Waals surface area contributed by atoms with Crippen LogP contribution in [0.1, 0.15) is 12.5 Å². The van der Waals surface area contributed by atoms with Gasteiger partial charge < -0.3 is 0 Å². The first-order valence-corrected chi connectivity index (χ1v) is 9.28. The van der Waals surface area contributed by atoms with Crippen molar-refractivity contribution in [2.45, 2.75) is 23.1 Å². The molecule has 0 bridgehead atoms. The monoisotopic (exact) mass is 313 g/mol. The fourth-order valence-electron chi connectivity index (χ4n) is 1.28. The second kappa shape index (κ2) is 6.43. The van der Waals surface area contributed by atoms with E-state index in [2.05, 4.69) is 0 Å². The van der Waals surface area contributed by atoms with Gasteiger partial charge >= 0.3 is 0 Å². The molecule has 0 aliphatic rings. The molecule has 0 fully saturated rings. The molecule has 1 heterocycles. The van der Waals surface area contributed by atoms with E-state index in [-0.39, 0.29) is 6.04 Å². The Balaban J connectivity index is 2.94. The lowest BCUT2D eigenvalue weighted by Crippen LogP contribution is -2.36. The van der Waals surface area contributed by atoms with Crippen molar-refractivity contribution in [3.05, 3.63) is 17.0 Å². The normalized spacial score (nSPS) is 14.2. The first kappa shape index (κ1) is 15.3. The van der Waals surface area contributed by atoms with Gasteiger partial charge in [0.2, 0.25) is 0 Å². The van der Waals surface area contributed by atoms with Crippen LogP contribution in [-0.4, -0.2) is 37.8 Å². The zero-order valence-corrected chi connectivity index (χ0v) is 13.2. The number of hydrogen-bond donors (Lipinski definition) is 0. The third-order valence-electron chi connectivity index (χ3n) is 2.45. The van der Waals surface area contributed by atoms with Gasteiger partial charge in [-0.2, -0.15) is 16.1 Å². The van der Waals surface area contributed by atoms with Crippen LogP contribution in [0.2, 0.25) is 0 Å². The van der Waals surface area contributed by atoms with Crippen LogP contribution in [0.4, 0.5) is 0 Å². The minimum atomic E-state index is -3.37. The summed E-state index contributed by atoms with van der Waals surface area (Å²) < 4.78 is 26.3. The predicted molar refractivity (Wildman–Crippen MR) is 76.7 cm³/mol. The smallest absolute Gasteiger partial charge is 0.206 e. The fourth-order valence-corrected chi connectivity index (χ4v) is 5.08. The highest BCUT2D eigenvalue weighted by molar-refractivity contribution is 7.98. The van der Waals surface area contributed by atoms with Crippen molar-refractivity contribution in [1.29, 1.82) is 0 Å². The molecule has 0 radical (unpaired) electrons. The maximum Gasteiger partial charge on any atom is 0.252 e. The van der Waals surface area contributed by atoms with Crippen molar-refractivity contribution >= 4 is 44.7 Å². The molecule has 0 saturated carbocycles. The van der Waals surface area contributed by atoms with Crippen molar-refractivity contribution in [3.63, 3.8) is 0 Å². The molecular weight excluding hydrogens is 298 g/mol. The zero-order valence-electron chi connectivity index (χ0n) is 10.0. The molecule has 3 nitrogen and oxygen atoms in total. The van der Waals surface area contributed by atoms with Gasteiger partial charge in [-0.25, -0.2) is 8.42 Å². The van der Waals surface area contributed by atoms with Crippen molar-refractivity contribution in [1.82, 2.24) is 4.31 Å². The topological polar surface area (TPSA) is 37.4 Å². The highest BCUT2D eigenvalue weighted by Gasteiger charge is 2.26. The van der Waals surface area contributed by atoms with Gasteiger partial charge in [0.05, 0.1) is 0 Å². The molecule has 98 valence electrons. The average molecular weight is 314 g/mol. The van der Waals surface area contributed by atoms with Crippen LogP contribution in [0.3, 0.4) is 0 Å². The van der Waals surface area contributed by atoms with E-state index in [1.54, 1.807) is 30.3 Å². The van der Waals surface area contributed by atoms with Gasteiger partial charge in [0.15, 0.2) is 0 Å². The van der Waals surface area contributed by atoms with E-state index in [1.165, 1.54) is 15.6 Å². The summed E-state index contributed by atoms with van der Waals surface area (Å²) in [4.78, 5) is 0. The molecule has 0 aliphatic carbocycles. The Morgan fingerprint density at radius 2 is 2.24 bits per heavy atom. The van der Waals surface area contributed by atoms with E-state index in [4.69, 9.17) is 11.6 Å². The number of halogens is 1. The number of thioether (sulfide) groups is 1. The van der Waals surface area contributed by atoms with Crippen molar-refractivity contribution in [2.24, 2.45) is 0 Å². The number of sulfonamides is 1. The van der Waals surface area contributed by atoms with Crippen LogP contribution in [0.25, 0.3) is 0 Å². The summed E-state index contributed by atoms with van der Waals surface area (Å²) in [5.74, 6) is 1.12. The molecule has 0 aliphatic heterocycles. The molecule has 0 saturated heterocycles. The lowest BCUT2D eigenvalue weighted by molar-refractivity contribution is 0.416. The van der Waals surface area contributed by atoms with Crippen LogP contribution >= 0.6 is 34.7 Å². The average Bonchev–Trinajstić information content (AvgIpc) is 2.77. The summed E-state index contributed by atoms with van der Waals surface area (Å²) in [6, 6.07) is 1.63. The summed E-state index contributed by atoms with van der Waals surface area (Å²) >= 11 is 8.54. The van der Waals surface area contributed by atoms with Gasteiger partial charge in [-0.05, 0) is 30.2 Å². The second-order valence-electron chi connectivity index (χ2n) is 3.73. The Labute approximate surface area is 116 Å². The van der Waals surface area contributed by atoms with E-state index in [0.717, 1.165) is 11.3 Å². The van der Waals surface area contributed by atoms with Crippen LogP contribution in [0.5, 0.6) is 0 Å². The molecule has 0 aromatic carbocycles. The second-order valence-corrected chi connectivity index (χ2v) is 8.05. The minimum Gasteiger partial charge on any atom is -0.206 e. The number of alkyl halides is 1. The van der Waals surface area contributed by atoms with Crippen molar-refractivity contribution < 1.29 is 8.42 Å². The summed E-state index contributed by atoms with van der Waals surface area (Å²) in [6.45, 7) is 1.91. The summed E-state index contributed by atoms with van der Waals surface area (Å²) in [5.41, 5.74) is 0.848. The largest absolute Gasteiger partial charge is 0.252 e. The number of rotatable bonds is 6. The van der Waals surface area contributed by atoms with Crippen molar-refractivity contribution in [3.8, 4) is 0 Å². The van der Waals surface area contributed by atoms with Gasteiger partial charge in [-0.3, -0.25) is 0 Å². The highest BCUT2D eigenvalue weighted by Crippen LogP contribution is 2.25. The Kier molecular flexibility index (Phi) is 5.79. The lowest BCUT2D eigenvalue weighted by atomic mass is 10.4.